The van der Waals surface area contributed by atoms with Gasteiger partial charge >= 0.3 is 0 Å². The molecule has 2 rings (SSSR count). The van der Waals surface area contributed by atoms with Gasteiger partial charge < -0.3 is 10.1 Å². The maximum Gasteiger partial charge on any atom is 0.179 e. The summed E-state index contributed by atoms with van der Waals surface area (Å²) in [7, 11) is 1.49. The Hall–Kier alpha value is -0.610. The highest BCUT2D eigenvalue weighted by Gasteiger charge is 2.18. The predicted molar refractivity (Wildman–Crippen MR) is 65.5 cm³/mol. The number of ether oxygens (including phenoxy) is 1. The molecule has 0 amide bonds. The third-order valence-electron chi connectivity index (χ3n) is 3.01. The topological polar surface area (TPSA) is 21.3 Å². The molecule has 0 bridgehead atoms. The first-order valence-electron chi connectivity index (χ1n) is 5.46. The molecule has 1 aromatic rings. The highest BCUT2D eigenvalue weighted by molar-refractivity contribution is 9.10. The Morgan fingerprint density at radius 3 is 2.94 bits per heavy atom. The summed E-state index contributed by atoms with van der Waals surface area (Å²) >= 11 is 3.23. The zero-order valence-corrected chi connectivity index (χ0v) is 10.8. The molecule has 1 aliphatic heterocycles. The third kappa shape index (κ3) is 2.38. The van der Waals surface area contributed by atoms with Gasteiger partial charge in [-0.15, -0.1) is 0 Å². The first-order valence-corrected chi connectivity index (χ1v) is 6.25. The third-order valence-corrected chi connectivity index (χ3v) is 3.58. The smallest absolute Gasteiger partial charge is 0.179 e. The molecule has 1 aliphatic rings. The SMILES string of the molecule is COc1cc(C2CCCNC2)cc(Br)c1F. The van der Waals surface area contributed by atoms with Gasteiger partial charge in [0.05, 0.1) is 11.6 Å². The van der Waals surface area contributed by atoms with Crippen LogP contribution in [0.5, 0.6) is 5.75 Å². The fourth-order valence-electron chi connectivity index (χ4n) is 2.10. The van der Waals surface area contributed by atoms with Gasteiger partial charge in [-0.3, -0.25) is 0 Å². The lowest BCUT2D eigenvalue weighted by Gasteiger charge is -2.23. The summed E-state index contributed by atoms with van der Waals surface area (Å²) in [5.41, 5.74) is 1.14. The molecule has 2 nitrogen and oxygen atoms in total. The largest absolute Gasteiger partial charge is 0.494 e. The Labute approximate surface area is 103 Å². The summed E-state index contributed by atoms with van der Waals surface area (Å²) < 4.78 is 19.1. The van der Waals surface area contributed by atoms with Crippen LogP contribution in [0.3, 0.4) is 0 Å². The maximum absolute atomic E-state index is 13.6. The van der Waals surface area contributed by atoms with E-state index in [2.05, 4.69) is 21.2 Å². The lowest BCUT2D eigenvalue weighted by atomic mass is 9.91. The lowest BCUT2D eigenvalue weighted by molar-refractivity contribution is 0.382. The van der Waals surface area contributed by atoms with E-state index < -0.39 is 0 Å². The molecule has 0 radical (unpaired) electrons. The Bertz CT molecular complexity index is 378. The minimum atomic E-state index is -0.324. The van der Waals surface area contributed by atoms with Gasteiger partial charge in [0, 0.05) is 6.54 Å². The lowest BCUT2D eigenvalue weighted by Crippen LogP contribution is -2.28. The molecule has 0 saturated carbocycles. The van der Waals surface area contributed by atoms with Crippen molar-refractivity contribution in [3.05, 3.63) is 28.0 Å². The molecular weight excluding hydrogens is 273 g/mol. The van der Waals surface area contributed by atoms with Crippen molar-refractivity contribution >= 4 is 15.9 Å². The van der Waals surface area contributed by atoms with Crippen LogP contribution in [0.1, 0.15) is 24.3 Å². The zero-order chi connectivity index (χ0) is 11.5. The summed E-state index contributed by atoms with van der Waals surface area (Å²) in [5, 5.41) is 3.35. The van der Waals surface area contributed by atoms with E-state index in [1.165, 1.54) is 13.5 Å². The van der Waals surface area contributed by atoms with E-state index in [0.717, 1.165) is 25.1 Å². The Kier molecular flexibility index (Phi) is 3.82. The number of rotatable bonds is 2. The maximum atomic E-state index is 13.6. The first kappa shape index (κ1) is 11.9. The number of piperidine rings is 1. The molecule has 1 atom stereocenters. The molecule has 0 aromatic heterocycles. The number of nitrogens with one attached hydrogen (secondary N) is 1. The summed E-state index contributed by atoms with van der Waals surface area (Å²) in [6, 6.07) is 3.66. The van der Waals surface area contributed by atoms with Crippen LogP contribution >= 0.6 is 15.9 Å². The van der Waals surface area contributed by atoms with Crippen molar-refractivity contribution in [1.29, 1.82) is 0 Å². The molecule has 1 aromatic carbocycles. The van der Waals surface area contributed by atoms with E-state index in [4.69, 9.17) is 4.74 Å². The summed E-state index contributed by atoms with van der Waals surface area (Å²) in [4.78, 5) is 0. The first-order chi connectivity index (χ1) is 7.72. The molecule has 1 unspecified atom stereocenters. The van der Waals surface area contributed by atoms with Gasteiger partial charge in [0.1, 0.15) is 0 Å². The second-order valence-electron chi connectivity index (χ2n) is 4.06. The number of halogens is 2. The van der Waals surface area contributed by atoms with Crippen LogP contribution in [-0.2, 0) is 0 Å². The van der Waals surface area contributed by atoms with E-state index >= 15 is 0 Å². The zero-order valence-electron chi connectivity index (χ0n) is 9.22. The molecule has 1 N–H and O–H groups in total. The van der Waals surface area contributed by atoms with Gasteiger partial charge in [0.15, 0.2) is 11.6 Å². The van der Waals surface area contributed by atoms with Crippen LogP contribution in [0, 0.1) is 5.82 Å². The van der Waals surface area contributed by atoms with E-state index in [1.54, 1.807) is 6.07 Å². The molecule has 4 heteroatoms. The second kappa shape index (κ2) is 5.15. The highest BCUT2D eigenvalue weighted by Crippen LogP contribution is 2.32. The van der Waals surface area contributed by atoms with Crippen molar-refractivity contribution in [2.24, 2.45) is 0 Å². The average Bonchev–Trinajstić information content (AvgIpc) is 2.33. The van der Waals surface area contributed by atoms with Gasteiger partial charge in [-0.1, -0.05) is 0 Å². The molecule has 1 heterocycles. The monoisotopic (exact) mass is 287 g/mol. The number of benzene rings is 1. The van der Waals surface area contributed by atoms with Crippen LogP contribution in [-0.4, -0.2) is 20.2 Å². The van der Waals surface area contributed by atoms with Crippen LogP contribution in [0.25, 0.3) is 0 Å². The molecule has 0 aliphatic carbocycles. The molecule has 88 valence electrons. The van der Waals surface area contributed by atoms with E-state index in [1.807, 2.05) is 6.07 Å². The summed E-state index contributed by atoms with van der Waals surface area (Å²) in [6.45, 7) is 2.04. The fraction of sp³-hybridized carbons (Fsp3) is 0.500. The molecule has 0 spiro atoms. The molecule has 16 heavy (non-hydrogen) atoms. The fourth-order valence-corrected chi connectivity index (χ4v) is 2.56. The van der Waals surface area contributed by atoms with E-state index in [-0.39, 0.29) is 5.82 Å². The minimum Gasteiger partial charge on any atom is -0.494 e. The summed E-state index contributed by atoms with van der Waals surface area (Å²) in [5.74, 6) is 0.449. The van der Waals surface area contributed by atoms with Crippen molar-refractivity contribution < 1.29 is 9.13 Å². The van der Waals surface area contributed by atoms with Gasteiger partial charge in [-0.2, -0.15) is 0 Å². The van der Waals surface area contributed by atoms with Crippen molar-refractivity contribution in [2.45, 2.75) is 18.8 Å². The van der Waals surface area contributed by atoms with Gasteiger partial charge in [-0.05, 0) is 58.9 Å². The van der Waals surface area contributed by atoms with Crippen molar-refractivity contribution in [3.8, 4) is 5.75 Å². The second-order valence-corrected chi connectivity index (χ2v) is 4.92. The molecule has 1 fully saturated rings. The molecule has 1 saturated heterocycles. The van der Waals surface area contributed by atoms with Gasteiger partial charge in [-0.25, -0.2) is 4.39 Å². The number of hydrogen-bond donors (Lipinski definition) is 1. The Morgan fingerprint density at radius 1 is 1.50 bits per heavy atom. The summed E-state index contributed by atoms with van der Waals surface area (Å²) in [6.07, 6.45) is 2.32. The minimum absolute atomic E-state index is 0.315. The van der Waals surface area contributed by atoms with Crippen molar-refractivity contribution in [3.63, 3.8) is 0 Å². The Balaban J connectivity index is 2.29. The quantitative estimate of drug-likeness (QED) is 0.903. The van der Waals surface area contributed by atoms with Crippen LogP contribution in [0.4, 0.5) is 4.39 Å². The standard InChI is InChI=1S/C12H15BrFNO/c1-16-11-6-9(5-10(13)12(11)14)8-3-2-4-15-7-8/h5-6,8,15H,2-4,7H2,1H3. The van der Waals surface area contributed by atoms with E-state index in [9.17, 15) is 4.39 Å². The van der Waals surface area contributed by atoms with E-state index in [0.29, 0.717) is 16.1 Å². The predicted octanol–water partition coefficient (Wildman–Crippen LogP) is 3.06. The Morgan fingerprint density at radius 2 is 2.31 bits per heavy atom. The van der Waals surface area contributed by atoms with Crippen molar-refractivity contribution in [2.75, 3.05) is 20.2 Å². The average molecular weight is 288 g/mol. The van der Waals surface area contributed by atoms with Crippen LogP contribution < -0.4 is 10.1 Å². The normalized spacial score (nSPS) is 20.8. The van der Waals surface area contributed by atoms with Gasteiger partial charge in [0.25, 0.3) is 0 Å². The van der Waals surface area contributed by atoms with Gasteiger partial charge in [0.2, 0.25) is 0 Å². The number of hydrogen-bond acceptors (Lipinski definition) is 2. The number of methoxy groups -OCH3 is 1. The van der Waals surface area contributed by atoms with Crippen LogP contribution in [0.2, 0.25) is 0 Å². The molecular formula is C12H15BrFNO. The van der Waals surface area contributed by atoms with Crippen molar-refractivity contribution in [1.82, 2.24) is 5.32 Å². The van der Waals surface area contributed by atoms with Crippen LogP contribution in [0.15, 0.2) is 16.6 Å². The highest BCUT2D eigenvalue weighted by atomic mass is 79.9.